The molecule has 0 aromatic heterocycles. The molecule has 72 valence electrons. The van der Waals surface area contributed by atoms with E-state index >= 15 is 0 Å². The van der Waals surface area contributed by atoms with E-state index in [1.54, 1.807) is 11.1 Å². The molecule has 2 aliphatic rings. The Hall–Kier alpha value is -1.04. The van der Waals surface area contributed by atoms with E-state index in [1.165, 1.54) is 24.0 Å². The minimum Gasteiger partial charge on any atom is -0.0876 e. The van der Waals surface area contributed by atoms with E-state index in [2.05, 4.69) is 38.1 Å². The van der Waals surface area contributed by atoms with Gasteiger partial charge in [0.25, 0.3) is 0 Å². The lowest BCUT2D eigenvalue weighted by Crippen LogP contribution is -1.98. The van der Waals surface area contributed by atoms with Gasteiger partial charge in [-0.1, -0.05) is 29.8 Å². The van der Waals surface area contributed by atoms with Crippen LogP contribution in [0.25, 0.3) is 0 Å². The van der Waals surface area contributed by atoms with Crippen molar-refractivity contribution in [3.63, 3.8) is 0 Å². The third-order valence-corrected chi connectivity index (χ3v) is 3.77. The lowest BCUT2D eigenvalue weighted by Gasteiger charge is -2.09. The topological polar surface area (TPSA) is 0 Å². The van der Waals surface area contributed by atoms with Gasteiger partial charge in [-0.15, -0.1) is 0 Å². The molecule has 0 aliphatic heterocycles. The van der Waals surface area contributed by atoms with Gasteiger partial charge in [0.05, 0.1) is 0 Å². The Labute approximate surface area is 85.6 Å². The number of hydrogen-bond donors (Lipinski definition) is 0. The predicted molar refractivity (Wildman–Crippen MR) is 59.6 cm³/mol. The van der Waals surface area contributed by atoms with Gasteiger partial charge < -0.3 is 0 Å². The van der Waals surface area contributed by atoms with Crippen LogP contribution in [-0.4, -0.2) is 0 Å². The maximum Gasteiger partial charge on any atom is 0.00553 e. The highest BCUT2D eigenvalue weighted by Crippen LogP contribution is 2.45. The first-order valence-electron chi connectivity index (χ1n) is 5.52. The molecule has 14 heavy (non-hydrogen) atoms. The van der Waals surface area contributed by atoms with Gasteiger partial charge in [-0.05, 0) is 49.3 Å². The van der Waals surface area contributed by atoms with Crippen LogP contribution in [0.15, 0.2) is 24.3 Å². The average Bonchev–Trinajstić information content (AvgIpc) is 2.65. The smallest absolute Gasteiger partial charge is 0.00553 e. The number of benzene rings is 1. The summed E-state index contributed by atoms with van der Waals surface area (Å²) in [6.07, 6.45) is 7.36. The summed E-state index contributed by atoms with van der Waals surface area (Å²) in [5, 5.41) is 0. The highest BCUT2D eigenvalue weighted by atomic mass is 14.4. The van der Waals surface area contributed by atoms with E-state index in [-0.39, 0.29) is 0 Å². The second-order valence-electron chi connectivity index (χ2n) is 4.80. The average molecular weight is 184 g/mol. The van der Waals surface area contributed by atoms with E-state index in [4.69, 9.17) is 0 Å². The third kappa shape index (κ3) is 1.00. The van der Waals surface area contributed by atoms with Crippen LogP contribution >= 0.6 is 0 Å². The maximum absolute atomic E-state index is 2.41. The van der Waals surface area contributed by atoms with Gasteiger partial charge in [-0.2, -0.15) is 0 Å². The summed E-state index contributed by atoms with van der Waals surface area (Å²) in [5.41, 5.74) is 6.17. The summed E-state index contributed by atoms with van der Waals surface area (Å²) >= 11 is 0. The van der Waals surface area contributed by atoms with Gasteiger partial charge in [0.1, 0.15) is 0 Å². The van der Waals surface area contributed by atoms with E-state index < -0.39 is 0 Å². The van der Waals surface area contributed by atoms with Crippen molar-refractivity contribution >= 4 is 0 Å². The predicted octanol–water partition coefficient (Wildman–Crippen LogP) is 3.52. The Balaban J connectivity index is 2.19. The van der Waals surface area contributed by atoms with Crippen molar-refractivity contribution in [2.75, 3.05) is 0 Å². The molecule has 0 saturated heterocycles. The lowest BCUT2D eigenvalue weighted by molar-refractivity contribution is 0.552. The van der Waals surface area contributed by atoms with Gasteiger partial charge >= 0.3 is 0 Å². The van der Waals surface area contributed by atoms with Crippen LogP contribution in [-0.2, 0) is 6.42 Å². The fraction of sp³-hybridized carbons (Fsp3) is 0.429. The second kappa shape index (κ2) is 2.73. The highest BCUT2D eigenvalue weighted by molar-refractivity contribution is 5.47. The van der Waals surface area contributed by atoms with Gasteiger partial charge in [0.15, 0.2) is 0 Å². The summed E-state index contributed by atoms with van der Waals surface area (Å²) < 4.78 is 0. The van der Waals surface area contributed by atoms with Gasteiger partial charge in [-0.3, -0.25) is 0 Å². The van der Waals surface area contributed by atoms with Crippen molar-refractivity contribution in [3.05, 3.63) is 46.5 Å². The fourth-order valence-corrected chi connectivity index (χ4v) is 3.14. The van der Waals surface area contributed by atoms with Crippen LogP contribution in [0.3, 0.4) is 0 Å². The quantitative estimate of drug-likeness (QED) is 0.541. The number of allylic oxidation sites excluding steroid dienone is 2. The van der Waals surface area contributed by atoms with Crippen molar-refractivity contribution < 1.29 is 0 Å². The molecule has 2 atom stereocenters. The van der Waals surface area contributed by atoms with Crippen LogP contribution in [0.4, 0.5) is 0 Å². The molecule has 0 N–H and O–H groups in total. The minimum atomic E-state index is 0.739. The Morgan fingerprint density at radius 2 is 2.07 bits per heavy atom. The molecule has 0 bridgehead atoms. The van der Waals surface area contributed by atoms with Crippen LogP contribution < -0.4 is 0 Å². The van der Waals surface area contributed by atoms with E-state index in [0.717, 1.165) is 11.8 Å². The zero-order valence-electron chi connectivity index (χ0n) is 8.88. The minimum absolute atomic E-state index is 0.739. The van der Waals surface area contributed by atoms with Crippen LogP contribution in [0, 0.1) is 19.8 Å². The molecular formula is C14H16. The van der Waals surface area contributed by atoms with Crippen LogP contribution in [0.1, 0.15) is 34.6 Å². The summed E-state index contributed by atoms with van der Waals surface area (Å²) in [6, 6.07) is 4.71. The largest absolute Gasteiger partial charge is 0.0876 e. The lowest BCUT2D eigenvalue weighted by atomic mass is 9.95. The van der Waals surface area contributed by atoms with E-state index in [9.17, 15) is 0 Å². The molecule has 0 saturated carbocycles. The number of rotatable bonds is 0. The summed E-state index contributed by atoms with van der Waals surface area (Å²) in [5.74, 6) is 1.62. The zero-order chi connectivity index (χ0) is 9.71. The first kappa shape index (κ1) is 8.28. The molecule has 0 nitrogen and oxygen atoms in total. The Kier molecular flexibility index (Phi) is 1.61. The molecule has 0 spiro atoms. The highest BCUT2D eigenvalue weighted by Gasteiger charge is 2.33. The zero-order valence-corrected chi connectivity index (χ0v) is 8.88. The fourth-order valence-electron chi connectivity index (χ4n) is 3.14. The SMILES string of the molecule is Cc1cc(C)c2c(c1)C1C=CC[C@@H]1C2. The van der Waals surface area contributed by atoms with E-state index in [1.807, 2.05) is 0 Å². The molecule has 1 aromatic carbocycles. The van der Waals surface area contributed by atoms with Crippen molar-refractivity contribution in [3.8, 4) is 0 Å². The van der Waals surface area contributed by atoms with Crippen molar-refractivity contribution in [2.45, 2.75) is 32.6 Å². The van der Waals surface area contributed by atoms with Gasteiger partial charge in [0.2, 0.25) is 0 Å². The normalized spacial score (nSPS) is 27.9. The summed E-state index contributed by atoms with van der Waals surface area (Å²) in [4.78, 5) is 0. The van der Waals surface area contributed by atoms with Crippen LogP contribution in [0.2, 0.25) is 0 Å². The standard InChI is InChI=1S/C14H16/c1-9-6-10(2)13-8-11-4-3-5-12(11)14(13)7-9/h3,5-7,11-12H,4,8H2,1-2H3/t11-,12?/m1/s1. The molecule has 2 aliphatic carbocycles. The second-order valence-corrected chi connectivity index (χ2v) is 4.80. The number of fused-ring (bicyclic) bond motifs is 3. The molecule has 1 aromatic rings. The van der Waals surface area contributed by atoms with Crippen LogP contribution in [0.5, 0.6) is 0 Å². The first-order valence-corrected chi connectivity index (χ1v) is 5.52. The molecule has 0 heteroatoms. The number of hydrogen-bond acceptors (Lipinski definition) is 0. The molecule has 0 fully saturated rings. The van der Waals surface area contributed by atoms with Gasteiger partial charge in [-0.25, -0.2) is 0 Å². The van der Waals surface area contributed by atoms with Gasteiger partial charge in [0, 0.05) is 5.92 Å². The Bertz CT molecular complexity index is 412. The molecule has 0 heterocycles. The first-order chi connectivity index (χ1) is 6.75. The molecule has 1 unspecified atom stereocenters. The Morgan fingerprint density at radius 1 is 1.21 bits per heavy atom. The molecule has 0 amide bonds. The summed E-state index contributed by atoms with van der Waals surface area (Å²) in [7, 11) is 0. The van der Waals surface area contributed by atoms with Crippen molar-refractivity contribution in [1.82, 2.24) is 0 Å². The summed E-state index contributed by atoms with van der Waals surface area (Å²) in [6.45, 7) is 4.47. The van der Waals surface area contributed by atoms with Crippen molar-refractivity contribution in [2.24, 2.45) is 5.92 Å². The maximum atomic E-state index is 2.41. The van der Waals surface area contributed by atoms with Crippen molar-refractivity contribution in [1.29, 1.82) is 0 Å². The molecule has 3 rings (SSSR count). The number of aryl methyl sites for hydroxylation is 2. The molecule has 0 radical (unpaired) electrons. The molecular weight excluding hydrogens is 168 g/mol. The Morgan fingerprint density at radius 3 is 2.93 bits per heavy atom. The van der Waals surface area contributed by atoms with E-state index in [0.29, 0.717) is 0 Å². The third-order valence-electron chi connectivity index (χ3n) is 3.77. The monoisotopic (exact) mass is 184 g/mol.